The highest BCUT2D eigenvalue weighted by atomic mass is 16.6. The summed E-state index contributed by atoms with van der Waals surface area (Å²) in [6.45, 7) is 5.47. The van der Waals surface area contributed by atoms with Crippen LogP contribution in [0.4, 0.5) is 9.59 Å². The van der Waals surface area contributed by atoms with Gasteiger partial charge in [-0.25, -0.2) is 14.5 Å². The Balaban J connectivity index is 2.27. The Morgan fingerprint density at radius 1 is 1.21 bits per heavy atom. The van der Waals surface area contributed by atoms with E-state index < -0.39 is 35.8 Å². The van der Waals surface area contributed by atoms with Gasteiger partial charge < -0.3 is 19.5 Å². The molecule has 8 heteroatoms. The van der Waals surface area contributed by atoms with Crippen molar-refractivity contribution in [3.8, 4) is 0 Å². The van der Waals surface area contributed by atoms with Crippen LogP contribution in [0, 0.1) is 0 Å². The zero-order chi connectivity index (χ0) is 20.9. The van der Waals surface area contributed by atoms with Crippen LogP contribution in [0.15, 0.2) is 30.3 Å². The van der Waals surface area contributed by atoms with Crippen LogP contribution in [0.5, 0.6) is 0 Å². The van der Waals surface area contributed by atoms with E-state index in [1.807, 2.05) is 30.3 Å². The van der Waals surface area contributed by atoms with Crippen molar-refractivity contribution >= 4 is 18.1 Å². The predicted octanol–water partition coefficient (Wildman–Crippen LogP) is 2.76. The Morgan fingerprint density at radius 3 is 2.39 bits per heavy atom. The van der Waals surface area contributed by atoms with Crippen molar-refractivity contribution < 1.29 is 29.0 Å². The average molecular weight is 392 g/mol. The van der Waals surface area contributed by atoms with Gasteiger partial charge in [0.25, 0.3) is 0 Å². The molecule has 0 spiro atoms. The predicted molar refractivity (Wildman–Crippen MR) is 102 cm³/mol. The molecule has 0 unspecified atom stereocenters. The van der Waals surface area contributed by atoms with Gasteiger partial charge in [-0.15, -0.1) is 0 Å². The standard InChI is InChI=1S/C20H28N2O6/c1-20(2,3)28-19(26)22(17(23)12-14-8-6-5-7-9-14)15-10-11-21(18(24)25)13-16(15)27-4/h5-9,15-16H,10-13H2,1-4H3,(H,24,25)/t15-,16-/m1/s1. The van der Waals surface area contributed by atoms with Crippen LogP contribution in [0.1, 0.15) is 32.8 Å². The van der Waals surface area contributed by atoms with Gasteiger partial charge in [-0.2, -0.15) is 0 Å². The van der Waals surface area contributed by atoms with Crippen molar-refractivity contribution in [3.63, 3.8) is 0 Å². The first kappa shape index (κ1) is 21.7. The van der Waals surface area contributed by atoms with Gasteiger partial charge in [0.2, 0.25) is 5.91 Å². The first-order valence-corrected chi connectivity index (χ1v) is 9.22. The van der Waals surface area contributed by atoms with Gasteiger partial charge in [0.1, 0.15) is 5.60 Å². The molecule has 0 aliphatic carbocycles. The summed E-state index contributed by atoms with van der Waals surface area (Å²) >= 11 is 0. The maximum absolute atomic E-state index is 13.1. The first-order chi connectivity index (χ1) is 13.1. The molecule has 0 radical (unpaired) electrons. The number of hydrogen-bond donors (Lipinski definition) is 1. The minimum atomic E-state index is -1.06. The number of ether oxygens (including phenoxy) is 2. The van der Waals surface area contributed by atoms with Crippen LogP contribution < -0.4 is 0 Å². The van der Waals surface area contributed by atoms with E-state index in [1.54, 1.807) is 20.8 Å². The van der Waals surface area contributed by atoms with Crippen molar-refractivity contribution in [2.24, 2.45) is 0 Å². The fourth-order valence-corrected chi connectivity index (χ4v) is 3.19. The number of benzene rings is 1. The SMILES string of the molecule is CO[C@@H]1CN(C(=O)O)CC[C@H]1N(C(=O)Cc1ccccc1)C(=O)OC(C)(C)C. The van der Waals surface area contributed by atoms with Crippen LogP contribution in [-0.2, 0) is 20.7 Å². The van der Waals surface area contributed by atoms with E-state index in [0.29, 0.717) is 0 Å². The molecule has 1 aliphatic heterocycles. The van der Waals surface area contributed by atoms with Gasteiger partial charge in [0.15, 0.2) is 0 Å². The summed E-state index contributed by atoms with van der Waals surface area (Å²) in [5, 5.41) is 9.24. The molecule has 8 nitrogen and oxygen atoms in total. The highest BCUT2D eigenvalue weighted by Gasteiger charge is 2.41. The Morgan fingerprint density at radius 2 is 1.86 bits per heavy atom. The monoisotopic (exact) mass is 392 g/mol. The van der Waals surface area contributed by atoms with Gasteiger partial charge in [-0.3, -0.25) is 4.79 Å². The maximum atomic E-state index is 13.1. The lowest BCUT2D eigenvalue weighted by molar-refractivity contribution is -0.136. The molecule has 2 atom stereocenters. The van der Waals surface area contributed by atoms with E-state index in [4.69, 9.17) is 9.47 Å². The number of piperidine rings is 1. The molecule has 1 aromatic carbocycles. The third-order valence-electron chi connectivity index (χ3n) is 4.49. The molecule has 1 aromatic rings. The number of rotatable bonds is 4. The second kappa shape index (κ2) is 9.05. The van der Waals surface area contributed by atoms with Crippen molar-refractivity contribution in [2.45, 2.75) is 51.4 Å². The normalized spacial score (nSPS) is 19.8. The highest BCUT2D eigenvalue weighted by molar-refractivity contribution is 5.93. The molecule has 0 aromatic heterocycles. The highest BCUT2D eigenvalue weighted by Crippen LogP contribution is 2.23. The second-order valence-corrected chi connectivity index (χ2v) is 7.77. The zero-order valence-corrected chi connectivity index (χ0v) is 16.8. The van der Waals surface area contributed by atoms with E-state index in [1.165, 1.54) is 12.0 Å². The average Bonchev–Trinajstić information content (AvgIpc) is 2.61. The van der Waals surface area contributed by atoms with Gasteiger partial charge in [-0.05, 0) is 32.8 Å². The van der Waals surface area contributed by atoms with E-state index >= 15 is 0 Å². The van der Waals surface area contributed by atoms with Crippen LogP contribution in [-0.4, -0.2) is 70.9 Å². The number of carbonyl (C=O) groups excluding carboxylic acids is 2. The lowest BCUT2D eigenvalue weighted by Gasteiger charge is -2.41. The van der Waals surface area contributed by atoms with Crippen molar-refractivity contribution in [3.05, 3.63) is 35.9 Å². The summed E-state index contributed by atoms with van der Waals surface area (Å²) in [6.07, 6.45) is -2.11. The molecule has 1 saturated heterocycles. The lowest BCUT2D eigenvalue weighted by Crippen LogP contribution is -2.59. The number of carboxylic acid groups (broad SMARTS) is 1. The molecular formula is C20H28N2O6. The zero-order valence-electron chi connectivity index (χ0n) is 16.8. The van der Waals surface area contributed by atoms with Crippen molar-refractivity contribution in [2.75, 3.05) is 20.2 Å². The van der Waals surface area contributed by atoms with Crippen molar-refractivity contribution in [1.82, 2.24) is 9.80 Å². The first-order valence-electron chi connectivity index (χ1n) is 9.22. The number of nitrogens with zero attached hydrogens (tertiary/aromatic N) is 2. The molecule has 154 valence electrons. The molecule has 2 rings (SSSR count). The smallest absolute Gasteiger partial charge is 0.417 e. The van der Waals surface area contributed by atoms with E-state index in [-0.39, 0.29) is 25.9 Å². The van der Waals surface area contributed by atoms with Crippen LogP contribution in [0.2, 0.25) is 0 Å². The number of imide groups is 1. The summed E-state index contributed by atoms with van der Waals surface area (Å²) < 4.78 is 10.9. The van der Waals surface area contributed by atoms with Crippen LogP contribution >= 0.6 is 0 Å². The summed E-state index contributed by atoms with van der Waals surface area (Å²) in [6, 6.07) is 8.51. The Bertz CT molecular complexity index is 700. The maximum Gasteiger partial charge on any atom is 0.417 e. The summed E-state index contributed by atoms with van der Waals surface area (Å²) in [7, 11) is 1.44. The Kier molecular flexibility index (Phi) is 7.01. The van der Waals surface area contributed by atoms with Crippen LogP contribution in [0.3, 0.4) is 0 Å². The number of likely N-dealkylation sites (tertiary alicyclic amines) is 1. The second-order valence-electron chi connectivity index (χ2n) is 7.77. The number of hydrogen-bond acceptors (Lipinski definition) is 5. The Labute approximate surface area is 165 Å². The van der Waals surface area contributed by atoms with Crippen LogP contribution in [0.25, 0.3) is 0 Å². The molecule has 1 fully saturated rings. The topological polar surface area (TPSA) is 96.4 Å². The molecule has 0 saturated carbocycles. The van der Waals surface area contributed by atoms with Gasteiger partial charge in [0, 0.05) is 13.7 Å². The molecule has 1 heterocycles. The molecule has 1 N–H and O–H groups in total. The molecule has 0 bridgehead atoms. The van der Waals surface area contributed by atoms with Gasteiger partial charge in [-0.1, -0.05) is 30.3 Å². The van der Waals surface area contributed by atoms with Crippen molar-refractivity contribution in [1.29, 1.82) is 0 Å². The van der Waals surface area contributed by atoms with Gasteiger partial charge in [0.05, 0.1) is 25.1 Å². The van der Waals surface area contributed by atoms with E-state index in [2.05, 4.69) is 0 Å². The third-order valence-corrected chi connectivity index (χ3v) is 4.49. The summed E-state index contributed by atoms with van der Waals surface area (Å²) in [5.41, 5.74) is 0.00479. The molecular weight excluding hydrogens is 364 g/mol. The number of amides is 3. The fraction of sp³-hybridized carbons (Fsp3) is 0.550. The molecule has 28 heavy (non-hydrogen) atoms. The van der Waals surface area contributed by atoms with E-state index in [0.717, 1.165) is 10.5 Å². The largest absolute Gasteiger partial charge is 0.465 e. The Hall–Kier alpha value is -2.61. The molecule has 1 aliphatic rings. The molecule has 3 amide bonds. The fourth-order valence-electron chi connectivity index (χ4n) is 3.19. The lowest BCUT2D eigenvalue weighted by atomic mass is 9.99. The number of carbonyl (C=O) groups is 3. The quantitative estimate of drug-likeness (QED) is 0.846. The number of methoxy groups -OCH3 is 1. The van der Waals surface area contributed by atoms with Gasteiger partial charge >= 0.3 is 12.2 Å². The van der Waals surface area contributed by atoms with E-state index in [9.17, 15) is 19.5 Å². The third kappa shape index (κ3) is 5.69. The minimum absolute atomic E-state index is 0.0374. The minimum Gasteiger partial charge on any atom is -0.465 e. The summed E-state index contributed by atoms with van der Waals surface area (Å²) in [4.78, 5) is 39.5. The summed E-state index contributed by atoms with van der Waals surface area (Å²) in [5.74, 6) is -0.406.